The van der Waals surface area contributed by atoms with E-state index in [1.807, 2.05) is 29.6 Å². The maximum absolute atomic E-state index is 12.4. The highest BCUT2D eigenvalue weighted by Crippen LogP contribution is 2.28. The Hall–Kier alpha value is -1.84. The van der Waals surface area contributed by atoms with E-state index < -0.39 is 5.54 Å². The van der Waals surface area contributed by atoms with Gasteiger partial charge in [0.05, 0.1) is 6.07 Å². The smallest absolute Gasteiger partial charge is 0.221 e. The van der Waals surface area contributed by atoms with Crippen LogP contribution in [-0.4, -0.2) is 28.7 Å². The van der Waals surface area contributed by atoms with E-state index in [1.165, 1.54) is 11.3 Å². The van der Waals surface area contributed by atoms with E-state index in [-0.39, 0.29) is 24.5 Å². The molecule has 6 heteroatoms. The Labute approximate surface area is 142 Å². The first-order valence-electron chi connectivity index (χ1n) is 7.43. The van der Waals surface area contributed by atoms with E-state index in [1.54, 1.807) is 11.8 Å². The maximum atomic E-state index is 12.4. The minimum atomic E-state index is -0.750. The highest BCUT2D eigenvalue weighted by molar-refractivity contribution is 7.99. The predicted octanol–water partition coefficient (Wildman–Crippen LogP) is 3.38. The normalized spacial score (nSPS) is 20.3. The first kappa shape index (κ1) is 16.0. The van der Waals surface area contributed by atoms with Crippen LogP contribution in [0.15, 0.2) is 29.6 Å². The predicted molar refractivity (Wildman–Crippen MR) is 93.8 cm³/mol. The average molecular weight is 344 g/mol. The minimum Gasteiger partial charge on any atom is -0.337 e. The van der Waals surface area contributed by atoms with Gasteiger partial charge in [0, 0.05) is 39.6 Å². The van der Waals surface area contributed by atoms with Gasteiger partial charge < -0.3 is 5.32 Å². The molecule has 1 aliphatic heterocycles. The number of nitrogens with zero attached hydrogens (tertiary/aromatic N) is 1. The van der Waals surface area contributed by atoms with Crippen molar-refractivity contribution in [1.82, 2.24) is 5.32 Å². The van der Waals surface area contributed by atoms with Crippen LogP contribution in [0.25, 0.3) is 10.1 Å². The molecule has 1 aromatic heterocycles. The molecular formula is C17H16N2O2S2. The van der Waals surface area contributed by atoms with Crippen LogP contribution < -0.4 is 5.32 Å². The number of thiophene rings is 1. The summed E-state index contributed by atoms with van der Waals surface area (Å²) in [5.41, 5.74) is -0.0651. The summed E-state index contributed by atoms with van der Waals surface area (Å²) in [6, 6.07) is 9.98. The van der Waals surface area contributed by atoms with Gasteiger partial charge in [-0.3, -0.25) is 9.59 Å². The minimum absolute atomic E-state index is 0.0237. The summed E-state index contributed by atoms with van der Waals surface area (Å²) in [6.07, 6.45) is 0.960. The van der Waals surface area contributed by atoms with Gasteiger partial charge in [-0.2, -0.15) is 17.0 Å². The number of amides is 1. The number of nitrogens with one attached hydrogen (secondary N) is 1. The molecule has 4 nitrogen and oxygen atoms in total. The van der Waals surface area contributed by atoms with Gasteiger partial charge in [-0.05, 0) is 18.2 Å². The summed E-state index contributed by atoms with van der Waals surface area (Å²) in [7, 11) is 0. The third-order valence-electron chi connectivity index (χ3n) is 3.97. The van der Waals surface area contributed by atoms with Crippen LogP contribution in [-0.2, 0) is 4.79 Å². The monoisotopic (exact) mass is 344 g/mol. The SMILES string of the molecule is N#CC1(NC(=O)CCC(=O)c2csc3ccccc23)CCSC1. The quantitative estimate of drug-likeness (QED) is 0.844. The lowest BCUT2D eigenvalue weighted by Gasteiger charge is -2.20. The molecule has 0 bridgehead atoms. The van der Waals surface area contributed by atoms with Crippen LogP contribution >= 0.6 is 23.1 Å². The average Bonchev–Trinajstić information content (AvgIpc) is 3.20. The third kappa shape index (κ3) is 3.41. The molecule has 3 rings (SSSR count). The summed E-state index contributed by atoms with van der Waals surface area (Å²) in [5.74, 6) is 1.26. The van der Waals surface area contributed by atoms with Gasteiger partial charge in [0.25, 0.3) is 0 Å². The molecule has 118 valence electrons. The van der Waals surface area contributed by atoms with Crippen molar-refractivity contribution in [2.24, 2.45) is 0 Å². The molecule has 0 radical (unpaired) electrons. The van der Waals surface area contributed by atoms with Gasteiger partial charge in [-0.1, -0.05) is 18.2 Å². The molecule has 1 aromatic carbocycles. The van der Waals surface area contributed by atoms with Crippen molar-refractivity contribution in [2.45, 2.75) is 24.8 Å². The number of hydrogen-bond acceptors (Lipinski definition) is 5. The second kappa shape index (κ2) is 6.73. The van der Waals surface area contributed by atoms with Crippen molar-refractivity contribution < 1.29 is 9.59 Å². The van der Waals surface area contributed by atoms with Crippen LogP contribution in [0.5, 0.6) is 0 Å². The lowest BCUT2D eigenvalue weighted by Crippen LogP contribution is -2.47. The Bertz CT molecular complexity index is 785. The number of Topliss-reactive ketones (excluding diaryl/α,β-unsaturated/α-hetero) is 1. The van der Waals surface area contributed by atoms with Crippen LogP contribution in [0.2, 0.25) is 0 Å². The van der Waals surface area contributed by atoms with Gasteiger partial charge >= 0.3 is 0 Å². The third-order valence-corrected chi connectivity index (χ3v) is 6.13. The van der Waals surface area contributed by atoms with Crippen LogP contribution in [0.4, 0.5) is 0 Å². The molecule has 1 N–H and O–H groups in total. The molecule has 1 unspecified atom stereocenters. The molecule has 0 aliphatic carbocycles. The zero-order valence-electron chi connectivity index (χ0n) is 12.5. The first-order chi connectivity index (χ1) is 11.1. The van der Waals surface area contributed by atoms with Crippen molar-refractivity contribution >= 4 is 44.9 Å². The number of thioether (sulfide) groups is 1. The molecule has 1 saturated heterocycles. The van der Waals surface area contributed by atoms with Crippen LogP contribution in [0.1, 0.15) is 29.6 Å². The molecule has 1 amide bonds. The number of carbonyl (C=O) groups excluding carboxylic acids is 2. The van der Waals surface area contributed by atoms with E-state index in [2.05, 4.69) is 11.4 Å². The van der Waals surface area contributed by atoms with Crippen molar-refractivity contribution in [3.05, 3.63) is 35.2 Å². The van der Waals surface area contributed by atoms with E-state index >= 15 is 0 Å². The maximum Gasteiger partial charge on any atom is 0.221 e. The number of nitriles is 1. The zero-order chi connectivity index (χ0) is 16.3. The Balaban J connectivity index is 1.61. The van der Waals surface area contributed by atoms with Crippen molar-refractivity contribution in [2.75, 3.05) is 11.5 Å². The molecule has 2 heterocycles. The molecule has 23 heavy (non-hydrogen) atoms. The molecule has 2 aromatic rings. The number of carbonyl (C=O) groups is 2. The summed E-state index contributed by atoms with van der Waals surface area (Å²) in [5, 5.41) is 14.9. The number of hydrogen-bond donors (Lipinski definition) is 1. The Morgan fingerprint density at radius 3 is 2.87 bits per heavy atom. The number of benzene rings is 1. The van der Waals surface area contributed by atoms with Gasteiger partial charge in [0.1, 0.15) is 5.54 Å². The van der Waals surface area contributed by atoms with Crippen molar-refractivity contribution in [3.63, 3.8) is 0 Å². The van der Waals surface area contributed by atoms with E-state index in [0.717, 1.165) is 15.8 Å². The summed E-state index contributed by atoms with van der Waals surface area (Å²) >= 11 is 3.21. The van der Waals surface area contributed by atoms with Crippen LogP contribution in [0.3, 0.4) is 0 Å². The summed E-state index contributed by atoms with van der Waals surface area (Å²) in [4.78, 5) is 24.4. The van der Waals surface area contributed by atoms with Crippen molar-refractivity contribution in [3.8, 4) is 6.07 Å². The van der Waals surface area contributed by atoms with E-state index in [9.17, 15) is 14.9 Å². The van der Waals surface area contributed by atoms with E-state index in [0.29, 0.717) is 17.7 Å². The highest BCUT2D eigenvalue weighted by atomic mass is 32.2. The second-order valence-electron chi connectivity index (χ2n) is 5.61. The zero-order valence-corrected chi connectivity index (χ0v) is 14.1. The fourth-order valence-electron chi connectivity index (χ4n) is 2.66. The molecule has 0 spiro atoms. The van der Waals surface area contributed by atoms with Gasteiger partial charge in [0.15, 0.2) is 5.78 Å². The molecule has 1 fully saturated rings. The lowest BCUT2D eigenvalue weighted by molar-refractivity contribution is -0.122. The largest absolute Gasteiger partial charge is 0.337 e. The number of fused-ring (bicyclic) bond motifs is 1. The number of rotatable bonds is 5. The Kier molecular flexibility index (Phi) is 4.69. The van der Waals surface area contributed by atoms with E-state index in [4.69, 9.17) is 0 Å². The van der Waals surface area contributed by atoms with Gasteiger partial charge in [-0.15, -0.1) is 11.3 Å². The molecular weight excluding hydrogens is 328 g/mol. The first-order valence-corrected chi connectivity index (χ1v) is 9.46. The Morgan fingerprint density at radius 2 is 2.13 bits per heavy atom. The molecule has 1 atom stereocenters. The van der Waals surface area contributed by atoms with Crippen LogP contribution in [0, 0.1) is 11.3 Å². The summed E-state index contributed by atoms with van der Waals surface area (Å²) in [6.45, 7) is 0. The fourth-order valence-corrected chi connectivity index (χ4v) is 4.90. The fraction of sp³-hybridized carbons (Fsp3) is 0.353. The second-order valence-corrected chi connectivity index (χ2v) is 7.63. The number of ketones is 1. The van der Waals surface area contributed by atoms with Gasteiger partial charge in [-0.25, -0.2) is 0 Å². The molecule has 1 aliphatic rings. The highest BCUT2D eigenvalue weighted by Gasteiger charge is 2.35. The topological polar surface area (TPSA) is 70.0 Å². The summed E-state index contributed by atoms with van der Waals surface area (Å²) < 4.78 is 1.08. The van der Waals surface area contributed by atoms with Crippen molar-refractivity contribution in [1.29, 1.82) is 5.26 Å². The van der Waals surface area contributed by atoms with Gasteiger partial charge in [0.2, 0.25) is 5.91 Å². The lowest BCUT2D eigenvalue weighted by atomic mass is 10.00. The molecule has 0 saturated carbocycles. The Morgan fingerprint density at radius 1 is 1.30 bits per heavy atom. The standard InChI is InChI=1S/C17H16N2O2S2/c18-10-17(7-8-22-11-17)19-16(21)6-5-14(20)13-9-23-15-4-2-1-3-12(13)15/h1-4,9H,5-8,11H2,(H,19,21).